The van der Waals surface area contributed by atoms with Crippen LogP contribution in [-0.2, 0) is 18.4 Å². The summed E-state index contributed by atoms with van der Waals surface area (Å²) in [7, 11) is 0. The number of fused-ring (bicyclic) bond motifs is 1. The fraction of sp³-hybridized carbons (Fsp3) is 0.400. The third-order valence-electron chi connectivity index (χ3n) is 4.79. The van der Waals surface area contributed by atoms with E-state index in [-0.39, 0.29) is 0 Å². The fourth-order valence-electron chi connectivity index (χ4n) is 3.55. The number of hydrogen-bond donors (Lipinski definition) is 1. The second kappa shape index (κ2) is 5.65. The summed E-state index contributed by atoms with van der Waals surface area (Å²) in [6.45, 7) is 4.26. The fourth-order valence-corrected chi connectivity index (χ4v) is 3.55. The summed E-state index contributed by atoms with van der Waals surface area (Å²) in [4.78, 5) is 0. The van der Waals surface area contributed by atoms with Crippen LogP contribution >= 0.6 is 0 Å². The first kappa shape index (κ1) is 14.3. The smallest absolute Gasteiger partial charge is 0.0939 e. The Hall–Kier alpha value is -1.60. The van der Waals surface area contributed by atoms with Crippen LogP contribution in [0.1, 0.15) is 47.1 Å². The van der Waals surface area contributed by atoms with Gasteiger partial charge in [-0.2, -0.15) is 0 Å². The number of hydrogen-bond acceptors (Lipinski definition) is 1. The van der Waals surface area contributed by atoms with Gasteiger partial charge in [-0.1, -0.05) is 48.0 Å². The topological polar surface area (TPSA) is 20.2 Å². The minimum Gasteiger partial charge on any atom is -0.385 e. The second-order valence-electron chi connectivity index (χ2n) is 6.50. The number of rotatable bonds is 2. The van der Waals surface area contributed by atoms with Crippen LogP contribution in [0.2, 0.25) is 0 Å². The number of aryl methyl sites for hydroxylation is 3. The first-order valence-corrected chi connectivity index (χ1v) is 7.95. The Bertz CT molecular complexity index is 644. The molecule has 0 bridgehead atoms. The SMILES string of the molecule is Cc1ccc(C)c(CC2(O)CCCCc3ccccc32)c1. The largest absolute Gasteiger partial charge is 0.385 e. The zero-order chi connectivity index (χ0) is 14.9. The van der Waals surface area contributed by atoms with Crippen LogP contribution in [-0.4, -0.2) is 5.11 Å². The highest BCUT2D eigenvalue weighted by atomic mass is 16.3. The maximum absolute atomic E-state index is 11.4. The van der Waals surface area contributed by atoms with E-state index in [1.165, 1.54) is 28.7 Å². The monoisotopic (exact) mass is 280 g/mol. The molecule has 0 radical (unpaired) electrons. The lowest BCUT2D eigenvalue weighted by atomic mass is 9.81. The van der Waals surface area contributed by atoms with Gasteiger partial charge < -0.3 is 5.11 Å². The predicted octanol–water partition coefficient (Wildman–Crippen LogP) is 4.46. The normalized spacial score (nSPS) is 21.7. The van der Waals surface area contributed by atoms with Crippen molar-refractivity contribution in [3.05, 3.63) is 70.3 Å². The van der Waals surface area contributed by atoms with Crippen LogP contribution in [0.4, 0.5) is 0 Å². The van der Waals surface area contributed by atoms with Crippen molar-refractivity contribution in [3.63, 3.8) is 0 Å². The molecule has 1 atom stereocenters. The van der Waals surface area contributed by atoms with Crippen molar-refractivity contribution in [2.45, 2.75) is 51.6 Å². The Kier molecular flexibility index (Phi) is 3.86. The molecule has 21 heavy (non-hydrogen) atoms. The van der Waals surface area contributed by atoms with E-state index >= 15 is 0 Å². The summed E-state index contributed by atoms with van der Waals surface area (Å²) < 4.78 is 0. The molecule has 1 heteroatoms. The summed E-state index contributed by atoms with van der Waals surface area (Å²) in [5.41, 5.74) is 5.56. The Labute approximate surface area is 127 Å². The standard InChI is InChI=1S/C20H24O/c1-15-10-11-16(2)18(13-15)14-20(21)12-6-5-8-17-7-3-4-9-19(17)20/h3-4,7,9-11,13,21H,5-6,8,12,14H2,1-2H3. The van der Waals surface area contributed by atoms with E-state index < -0.39 is 5.60 Å². The zero-order valence-electron chi connectivity index (χ0n) is 13.0. The van der Waals surface area contributed by atoms with E-state index in [9.17, 15) is 5.11 Å². The van der Waals surface area contributed by atoms with Gasteiger partial charge in [0, 0.05) is 6.42 Å². The molecule has 3 rings (SSSR count). The van der Waals surface area contributed by atoms with Gasteiger partial charge >= 0.3 is 0 Å². The number of aliphatic hydroxyl groups is 1. The van der Waals surface area contributed by atoms with Crippen molar-refractivity contribution in [2.75, 3.05) is 0 Å². The summed E-state index contributed by atoms with van der Waals surface area (Å²) in [6.07, 6.45) is 4.93. The highest BCUT2D eigenvalue weighted by Gasteiger charge is 2.33. The molecule has 1 aliphatic carbocycles. The molecule has 0 saturated heterocycles. The van der Waals surface area contributed by atoms with Gasteiger partial charge in [0.25, 0.3) is 0 Å². The van der Waals surface area contributed by atoms with Crippen LogP contribution in [0, 0.1) is 13.8 Å². The highest BCUT2D eigenvalue weighted by molar-refractivity contribution is 5.38. The molecule has 1 unspecified atom stereocenters. The molecule has 0 aliphatic heterocycles. The van der Waals surface area contributed by atoms with Crippen molar-refractivity contribution in [3.8, 4) is 0 Å². The molecule has 0 saturated carbocycles. The highest BCUT2D eigenvalue weighted by Crippen LogP contribution is 2.37. The van der Waals surface area contributed by atoms with Gasteiger partial charge in [0.05, 0.1) is 5.60 Å². The average molecular weight is 280 g/mol. The Morgan fingerprint density at radius 2 is 1.86 bits per heavy atom. The van der Waals surface area contributed by atoms with E-state index in [2.05, 4.69) is 56.3 Å². The van der Waals surface area contributed by atoms with Crippen LogP contribution in [0.15, 0.2) is 42.5 Å². The molecule has 0 spiro atoms. The van der Waals surface area contributed by atoms with E-state index in [0.29, 0.717) is 0 Å². The van der Waals surface area contributed by atoms with Gasteiger partial charge in [-0.15, -0.1) is 0 Å². The summed E-state index contributed by atoms with van der Waals surface area (Å²) in [5, 5.41) is 11.4. The molecule has 2 aromatic carbocycles. The minimum absolute atomic E-state index is 0.717. The lowest BCUT2D eigenvalue weighted by molar-refractivity contribution is 0.0270. The van der Waals surface area contributed by atoms with E-state index in [4.69, 9.17) is 0 Å². The maximum Gasteiger partial charge on any atom is 0.0939 e. The zero-order valence-corrected chi connectivity index (χ0v) is 13.0. The molecule has 0 amide bonds. The van der Waals surface area contributed by atoms with E-state index in [1.807, 2.05) is 0 Å². The second-order valence-corrected chi connectivity index (χ2v) is 6.50. The van der Waals surface area contributed by atoms with Gasteiger partial charge in [0.1, 0.15) is 0 Å². The molecule has 1 N–H and O–H groups in total. The van der Waals surface area contributed by atoms with Gasteiger partial charge in [0.15, 0.2) is 0 Å². The van der Waals surface area contributed by atoms with Gasteiger partial charge in [-0.25, -0.2) is 0 Å². The Balaban J connectivity index is 2.02. The van der Waals surface area contributed by atoms with Gasteiger partial charge in [-0.3, -0.25) is 0 Å². The van der Waals surface area contributed by atoms with Crippen LogP contribution in [0.25, 0.3) is 0 Å². The molecule has 1 aliphatic rings. The summed E-state index contributed by atoms with van der Waals surface area (Å²) >= 11 is 0. The average Bonchev–Trinajstić information content (AvgIpc) is 2.63. The van der Waals surface area contributed by atoms with E-state index in [0.717, 1.165) is 31.2 Å². The lowest BCUT2D eigenvalue weighted by Gasteiger charge is -2.30. The summed E-state index contributed by atoms with van der Waals surface area (Å²) in [5.74, 6) is 0. The molecule has 0 fully saturated rings. The summed E-state index contributed by atoms with van der Waals surface area (Å²) in [6, 6.07) is 15.0. The third-order valence-corrected chi connectivity index (χ3v) is 4.79. The Morgan fingerprint density at radius 1 is 1.05 bits per heavy atom. The first-order valence-electron chi connectivity index (χ1n) is 7.95. The van der Waals surface area contributed by atoms with Crippen LogP contribution in [0.5, 0.6) is 0 Å². The number of benzene rings is 2. The predicted molar refractivity (Wildman–Crippen MR) is 87.5 cm³/mol. The van der Waals surface area contributed by atoms with Crippen molar-refractivity contribution in [2.24, 2.45) is 0 Å². The molecule has 0 aromatic heterocycles. The first-order chi connectivity index (χ1) is 10.1. The van der Waals surface area contributed by atoms with Gasteiger partial charge in [-0.05, 0) is 61.8 Å². The molecule has 2 aromatic rings. The van der Waals surface area contributed by atoms with Crippen LogP contribution in [0.3, 0.4) is 0 Å². The van der Waals surface area contributed by atoms with Crippen molar-refractivity contribution in [1.29, 1.82) is 0 Å². The van der Waals surface area contributed by atoms with Gasteiger partial charge in [0.2, 0.25) is 0 Å². The minimum atomic E-state index is -0.717. The Morgan fingerprint density at radius 3 is 2.71 bits per heavy atom. The van der Waals surface area contributed by atoms with Crippen LogP contribution < -0.4 is 0 Å². The lowest BCUT2D eigenvalue weighted by Crippen LogP contribution is -2.29. The molecule has 1 nitrogen and oxygen atoms in total. The van der Waals surface area contributed by atoms with Crippen molar-refractivity contribution in [1.82, 2.24) is 0 Å². The maximum atomic E-state index is 11.4. The van der Waals surface area contributed by atoms with Crippen molar-refractivity contribution < 1.29 is 5.11 Å². The third kappa shape index (κ3) is 2.89. The molecule has 0 heterocycles. The quantitative estimate of drug-likeness (QED) is 0.805. The molecular formula is C20H24O. The molecule has 110 valence electrons. The van der Waals surface area contributed by atoms with Crippen molar-refractivity contribution >= 4 is 0 Å². The molecular weight excluding hydrogens is 256 g/mol. The van der Waals surface area contributed by atoms with E-state index in [1.54, 1.807) is 0 Å².